The molecule has 0 aliphatic carbocycles. The monoisotopic (exact) mass is 489 g/mol. The van der Waals surface area contributed by atoms with Crippen molar-refractivity contribution in [2.45, 2.75) is 31.1 Å². The van der Waals surface area contributed by atoms with Gasteiger partial charge in [-0.2, -0.15) is 26.3 Å². The average Bonchev–Trinajstić information content (AvgIpc) is 2.67. The molecule has 8 nitrogen and oxygen atoms in total. The molecular weight excluding hydrogens is 464 g/mol. The molecule has 1 saturated heterocycles. The highest BCUT2D eigenvalue weighted by Crippen LogP contribution is 2.27. The Bertz CT molecular complexity index is 758. The smallest absolute Gasteiger partial charge is 0.475 e. The Hall–Kier alpha value is -3.03. The second-order valence-electron chi connectivity index (χ2n) is 7.19. The van der Waals surface area contributed by atoms with Crippen LogP contribution in [0.4, 0.5) is 32.0 Å². The fraction of sp³-hybridized carbons (Fsp3) is 0.526. The van der Waals surface area contributed by atoms with E-state index in [1.807, 2.05) is 36.0 Å². The third-order valence-electron chi connectivity index (χ3n) is 4.12. The van der Waals surface area contributed by atoms with Gasteiger partial charge >= 0.3 is 24.3 Å². The zero-order chi connectivity index (χ0) is 26.0. The number of anilines is 1. The number of carbonyl (C=O) groups is 3. The molecule has 2 rings (SSSR count). The molecule has 0 spiro atoms. The maximum atomic E-state index is 12.1. The van der Waals surface area contributed by atoms with Gasteiger partial charge in [-0.05, 0) is 44.6 Å². The van der Waals surface area contributed by atoms with E-state index in [9.17, 15) is 31.1 Å². The Morgan fingerprint density at radius 2 is 1.42 bits per heavy atom. The van der Waals surface area contributed by atoms with E-state index >= 15 is 0 Å². The van der Waals surface area contributed by atoms with Crippen molar-refractivity contribution in [1.29, 1.82) is 0 Å². The van der Waals surface area contributed by atoms with Gasteiger partial charge in [0.05, 0.1) is 6.54 Å². The molecule has 1 heterocycles. The van der Waals surface area contributed by atoms with Crippen molar-refractivity contribution in [2.24, 2.45) is 0 Å². The van der Waals surface area contributed by atoms with Gasteiger partial charge in [0.2, 0.25) is 5.91 Å². The standard InChI is InChI=1S/C15H23N3O.2C2HF3O2/c1-17(2)11-15(19)18-9-3-4-13(10-18)12-5-7-14(16)8-6-12;2*3-2(4,5)1(6)7/h5-8,13H,3-4,9-11,16H2,1-2H3;2*(H,6,7). The number of carboxylic acid groups (broad SMARTS) is 2. The lowest BCUT2D eigenvalue weighted by atomic mass is 9.90. The van der Waals surface area contributed by atoms with Crippen LogP contribution in [0.1, 0.15) is 24.3 Å². The molecular formula is C19H25F6N3O5. The van der Waals surface area contributed by atoms with Crippen LogP contribution in [-0.2, 0) is 14.4 Å². The number of hydrogen-bond acceptors (Lipinski definition) is 5. The number of alkyl halides is 6. The van der Waals surface area contributed by atoms with Crippen molar-refractivity contribution in [2.75, 3.05) is 39.5 Å². The van der Waals surface area contributed by atoms with E-state index in [0.29, 0.717) is 12.5 Å². The number of halogens is 6. The number of likely N-dealkylation sites (N-methyl/N-ethyl adjacent to an activating group) is 1. The second-order valence-corrected chi connectivity index (χ2v) is 7.19. The molecule has 1 fully saturated rings. The molecule has 4 N–H and O–H groups in total. The van der Waals surface area contributed by atoms with Crippen molar-refractivity contribution in [3.05, 3.63) is 29.8 Å². The molecule has 33 heavy (non-hydrogen) atoms. The fourth-order valence-corrected chi connectivity index (χ4v) is 2.61. The molecule has 1 aliphatic rings. The van der Waals surface area contributed by atoms with Crippen LogP contribution in [0, 0.1) is 0 Å². The van der Waals surface area contributed by atoms with E-state index < -0.39 is 24.3 Å². The van der Waals surface area contributed by atoms with Crippen LogP contribution >= 0.6 is 0 Å². The fourth-order valence-electron chi connectivity index (χ4n) is 2.61. The summed E-state index contributed by atoms with van der Waals surface area (Å²) in [7, 11) is 3.86. The SMILES string of the molecule is CN(C)CC(=O)N1CCCC(c2ccc(N)cc2)C1.O=C(O)C(F)(F)F.O=C(O)C(F)(F)F. The Morgan fingerprint density at radius 1 is 1.00 bits per heavy atom. The van der Waals surface area contributed by atoms with E-state index in [2.05, 4.69) is 12.1 Å². The Morgan fingerprint density at radius 3 is 1.79 bits per heavy atom. The van der Waals surface area contributed by atoms with Gasteiger partial charge in [-0.15, -0.1) is 0 Å². The average molecular weight is 489 g/mol. The maximum Gasteiger partial charge on any atom is 0.490 e. The number of hydrogen-bond donors (Lipinski definition) is 3. The number of benzene rings is 1. The first-order valence-electron chi connectivity index (χ1n) is 9.33. The summed E-state index contributed by atoms with van der Waals surface area (Å²) in [5.74, 6) is -4.84. The topological polar surface area (TPSA) is 124 Å². The number of aliphatic carboxylic acids is 2. The van der Waals surface area contributed by atoms with Crippen LogP contribution in [0.25, 0.3) is 0 Å². The molecule has 1 atom stereocenters. The van der Waals surface area contributed by atoms with Crippen molar-refractivity contribution < 1.29 is 50.9 Å². The van der Waals surface area contributed by atoms with Gasteiger partial charge in [-0.25, -0.2) is 9.59 Å². The number of carbonyl (C=O) groups excluding carboxylic acids is 1. The van der Waals surface area contributed by atoms with Gasteiger partial charge in [0, 0.05) is 24.7 Å². The molecule has 188 valence electrons. The van der Waals surface area contributed by atoms with Gasteiger partial charge in [0.1, 0.15) is 0 Å². The molecule has 14 heteroatoms. The zero-order valence-corrected chi connectivity index (χ0v) is 17.8. The summed E-state index contributed by atoms with van der Waals surface area (Å²) >= 11 is 0. The normalized spacial score (nSPS) is 16.2. The van der Waals surface area contributed by atoms with Crippen molar-refractivity contribution >= 4 is 23.5 Å². The number of rotatable bonds is 3. The van der Waals surface area contributed by atoms with Crippen LogP contribution in [0.2, 0.25) is 0 Å². The third kappa shape index (κ3) is 12.6. The number of carboxylic acids is 2. The molecule has 0 aromatic heterocycles. The summed E-state index contributed by atoms with van der Waals surface area (Å²) in [4.78, 5) is 33.8. The summed E-state index contributed by atoms with van der Waals surface area (Å²) in [5.41, 5.74) is 7.80. The highest BCUT2D eigenvalue weighted by atomic mass is 19.4. The summed E-state index contributed by atoms with van der Waals surface area (Å²) in [5, 5.41) is 14.2. The van der Waals surface area contributed by atoms with Gasteiger partial charge in [0.15, 0.2) is 0 Å². The summed E-state index contributed by atoms with van der Waals surface area (Å²) in [6, 6.07) is 8.05. The largest absolute Gasteiger partial charge is 0.490 e. The Labute approximate surface area is 185 Å². The van der Waals surface area contributed by atoms with Crippen LogP contribution in [0.15, 0.2) is 24.3 Å². The lowest BCUT2D eigenvalue weighted by Crippen LogP contribution is -2.43. The first kappa shape index (κ1) is 30.0. The number of piperidine rings is 1. The molecule has 0 bridgehead atoms. The predicted molar refractivity (Wildman–Crippen MR) is 105 cm³/mol. The quantitative estimate of drug-likeness (QED) is 0.441. The van der Waals surface area contributed by atoms with Crippen molar-refractivity contribution in [3.63, 3.8) is 0 Å². The number of amides is 1. The van der Waals surface area contributed by atoms with Crippen LogP contribution in [0.5, 0.6) is 0 Å². The van der Waals surface area contributed by atoms with Crippen molar-refractivity contribution in [3.8, 4) is 0 Å². The number of nitrogen functional groups attached to an aromatic ring is 1. The molecule has 1 amide bonds. The second kappa shape index (κ2) is 12.9. The van der Waals surface area contributed by atoms with E-state index in [1.165, 1.54) is 5.56 Å². The minimum atomic E-state index is -5.08. The summed E-state index contributed by atoms with van der Waals surface area (Å²) in [6.07, 6.45) is -7.94. The number of likely N-dealkylation sites (tertiary alicyclic amines) is 1. The van der Waals surface area contributed by atoms with Gasteiger partial charge < -0.3 is 25.7 Å². The molecule has 1 aromatic carbocycles. The molecule has 1 unspecified atom stereocenters. The van der Waals surface area contributed by atoms with Crippen LogP contribution in [0.3, 0.4) is 0 Å². The first-order valence-corrected chi connectivity index (χ1v) is 9.33. The minimum absolute atomic E-state index is 0.227. The lowest BCUT2D eigenvalue weighted by molar-refractivity contribution is -0.193. The highest BCUT2D eigenvalue weighted by Gasteiger charge is 2.38. The van der Waals surface area contributed by atoms with Gasteiger partial charge in [-0.1, -0.05) is 12.1 Å². The Kier molecular flexibility index (Phi) is 11.7. The zero-order valence-electron chi connectivity index (χ0n) is 17.8. The number of nitrogens with two attached hydrogens (primary N) is 1. The molecule has 0 saturated carbocycles. The molecule has 0 radical (unpaired) electrons. The predicted octanol–water partition coefficient (Wildman–Crippen LogP) is 2.80. The van der Waals surface area contributed by atoms with E-state index in [1.54, 1.807) is 0 Å². The third-order valence-corrected chi connectivity index (χ3v) is 4.12. The van der Waals surface area contributed by atoms with Crippen LogP contribution < -0.4 is 5.73 Å². The number of nitrogens with zero attached hydrogens (tertiary/aromatic N) is 2. The van der Waals surface area contributed by atoms with Crippen molar-refractivity contribution in [1.82, 2.24) is 9.80 Å². The maximum absolute atomic E-state index is 12.1. The molecule has 1 aliphatic heterocycles. The summed E-state index contributed by atoms with van der Waals surface area (Å²) < 4.78 is 63.5. The lowest BCUT2D eigenvalue weighted by Gasteiger charge is -2.33. The summed E-state index contributed by atoms with van der Waals surface area (Å²) in [6.45, 7) is 2.21. The minimum Gasteiger partial charge on any atom is -0.475 e. The highest BCUT2D eigenvalue weighted by molar-refractivity contribution is 5.78. The van der Waals surface area contributed by atoms with Crippen LogP contribution in [-0.4, -0.2) is 83.9 Å². The van der Waals surface area contributed by atoms with Gasteiger partial charge in [-0.3, -0.25) is 4.79 Å². The van der Waals surface area contributed by atoms with E-state index in [0.717, 1.165) is 31.6 Å². The molecule has 1 aromatic rings. The van der Waals surface area contributed by atoms with Gasteiger partial charge in [0.25, 0.3) is 0 Å². The van der Waals surface area contributed by atoms with E-state index in [4.69, 9.17) is 25.5 Å². The Balaban J connectivity index is 0.000000605. The van der Waals surface area contributed by atoms with E-state index in [-0.39, 0.29) is 5.91 Å². The first-order chi connectivity index (χ1) is 14.9.